The highest BCUT2D eigenvalue weighted by atomic mass is 127. The quantitative estimate of drug-likeness (QED) is 0.425. The molecular weight excluding hydrogens is 387 g/mol. The predicted molar refractivity (Wildman–Crippen MR) is 82.3 cm³/mol. The van der Waals surface area contributed by atoms with Crippen LogP contribution in [0.5, 0.6) is 6.01 Å². The van der Waals surface area contributed by atoms with Crippen molar-refractivity contribution in [3.63, 3.8) is 0 Å². The van der Waals surface area contributed by atoms with Crippen molar-refractivity contribution in [1.82, 2.24) is 9.97 Å². The van der Waals surface area contributed by atoms with Crippen LogP contribution >= 0.6 is 22.6 Å². The first-order valence-corrected chi connectivity index (χ1v) is 8.39. The van der Waals surface area contributed by atoms with Gasteiger partial charge in [0.2, 0.25) is 0 Å². The number of aromatic nitrogens is 2. The summed E-state index contributed by atoms with van der Waals surface area (Å²) in [7, 11) is 1.52. The van der Waals surface area contributed by atoms with Crippen molar-refractivity contribution in [3.8, 4) is 6.01 Å². The molecule has 0 amide bonds. The number of rotatable bonds is 5. The minimum Gasteiger partial charge on any atom is -0.467 e. The molecule has 7 heteroatoms. The minimum atomic E-state index is -0.584. The van der Waals surface area contributed by atoms with E-state index in [0.717, 1.165) is 9.99 Å². The van der Waals surface area contributed by atoms with E-state index in [1.165, 1.54) is 7.11 Å². The Hall–Kier alpha value is -0.960. The van der Waals surface area contributed by atoms with Gasteiger partial charge >= 0.3 is 12.0 Å². The fourth-order valence-corrected chi connectivity index (χ4v) is 4.05. The molecule has 3 fully saturated rings. The number of methoxy groups -OCH3 is 1. The van der Waals surface area contributed by atoms with Gasteiger partial charge in [0, 0.05) is 22.4 Å². The van der Waals surface area contributed by atoms with Crippen molar-refractivity contribution in [2.24, 2.45) is 5.41 Å². The van der Waals surface area contributed by atoms with Crippen LogP contribution in [-0.4, -0.2) is 39.7 Å². The van der Waals surface area contributed by atoms with Gasteiger partial charge in [0.15, 0.2) is 0 Å². The van der Waals surface area contributed by atoms with E-state index in [1.54, 1.807) is 12.4 Å². The highest BCUT2D eigenvalue weighted by Gasteiger charge is 2.72. The lowest BCUT2D eigenvalue weighted by Crippen LogP contribution is -2.50. The molecule has 0 N–H and O–H groups in total. The number of hydrogen-bond acceptors (Lipinski definition) is 6. The summed E-state index contributed by atoms with van der Waals surface area (Å²) in [5.74, 6) is -0.177. The topological polar surface area (TPSA) is 70.5 Å². The molecule has 3 aliphatic rings. The maximum absolute atomic E-state index is 12.4. The summed E-state index contributed by atoms with van der Waals surface area (Å²) in [6.45, 7) is 2.20. The molecule has 1 aromatic heterocycles. The minimum absolute atomic E-state index is 0.177. The number of nitrogens with zero attached hydrogens (tertiary/aromatic N) is 2. The van der Waals surface area contributed by atoms with Crippen LogP contribution in [0.25, 0.3) is 0 Å². The fraction of sp³-hybridized carbons (Fsp3) is 0.643. The van der Waals surface area contributed by atoms with E-state index in [0.29, 0.717) is 25.5 Å². The lowest BCUT2D eigenvalue weighted by atomic mass is 9.60. The van der Waals surface area contributed by atoms with E-state index < -0.39 is 5.41 Å². The van der Waals surface area contributed by atoms with Crippen LogP contribution in [0, 0.1) is 5.41 Å². The summed E-state index contributed by atoms with van der Waals surface area (Å²) < 4.78 is 17.3. The van der Waals surface area contributed by atoms with Gasteiger partial charge in [-0.1, -0.05) is 22.6 Å². The highest BCUT2D eigenvalue weighted by Crippen LogP contribution is 2.68. The molecule has 1 unspecified atom stereocenters. The summed E-state index contributed by atoms with van der Waals surface area (Å²) in [6, 6.07) is 0.304. The number of carbonyl (C=O) groups is 1. The molecule has 6 nitrogen and oxygen atoms in total. The van der Waals surface area contributed by atoms with Crippen molar-refractivity contribution in [2.45, 2.75) is 31.5 Å². The molecular formula is C14H17IN2O4. The molecule has 2 saturated heterocycles. The first kappa shape index (κ1) is 15.0. The van der Waals surface area contributed by atoms with Gasteiger partial charge in [-0.25, -0.2) is 9.97 Å². The molecule has 0 radical (unpaired) electrons. The Morgan fingerprint density at radius 2 is 2.14 bits per heavy atom. The van der Waals surface area contributed by atoms with Crippen LogP contribution in [-0.2, 0) is 14.3 Å². The third kappa shape index (κ3) is 2.21. The van der Waals surface area contributed by atoms with Crippen molar-refractivity contribution >= 4 is 28.6 Å². The fourth-order valence-electron chi connectivity index (χ4n) is 3.34. The maximum Gasteiger partial charge on any atom is 0.316 e. The zero-order valence-corrected chi connectivity index (χ0v) is 14.1. The van der Waals surface area contributed by atoms with Crippen molar-refractivity contribution in [1.29, 1.82) is 0 Å². The van der Waals surface area contributed by atoms with Gasteiger partial charge in [0.25, 0.3) is 0 Å². The molecule has 2 aliphatic heterocycles. The second-order valence-corrected chi connectivity index (χ2v) is 6.31. The van der Waals surface area contributed by atoms with Crippen molar-refractivity contribution in [2.75, 3.05) is 18.1 Å². The van der Waals surface area contributed by atoms with Gasteiger partial charge in [-0.2, -0.15) is 0 Å². The number of carbonyl (C=O) groups excluding carboxylic acids is 1. The van der Waals surface area contributed by atoms with Gasteiger partial charge in [0.1, 0.15) is 11.5 Å². The molecule has 4 rings (SSSR count). The van der Waals surface area contributed by atoms with Crippen LogP contribution < -0.4 is 4.74 Å². The Labute approximate surface area is 136 Å². The van der Waals surface area contributed by atoms with E-state index in [-0.39, 0.29) is 17.7 Å². The Kier molecular flexibility index (Phi) is 3.81. The zero-order chi connectivity index (χ0) is 15.1. The average Bonchev–Trinajstić information content (AvgIpc) is 2.99. The molecule has 1 aromatic rings. The Morgan fingerprint density at radius 1 is 1.48 bits per heavy atom. The van der Waals surface area contributed by atoms with Crippen LogP contribution in [0.1, 0.15) is 31.4 Å². The summed E-state index contributed by atoms with van der Waals surface area (Å²) >= 11 is 2.31. The largest absolute Gasteiger partial charge is 0.467 e. The van der Waals surface area contributed by atoms with Crippen molar-refractivity contribution < 1.29 is 19.0 Å². The van der Waals surface area contributed by atoms with Crippen LogP contribution in [0.15, 0.2) is 12.4 Å². The summed E-state index contributed by atoms with van der Waals surface area (Å²) in [6.07, 6.45) is 4.41. The van der Waals surface area contributed by atoms with E-state index in [1.807, 2.05) is 6.92 Å². The molecule has 1 saturated carbocycles. The summed E-state index contributed by atoms with van der Waals surface area (Å²) in [4.78, 5) is 20.6. The number of ether oxygens (including phenoxy) is 3. The first-order valence-electron chi connectivity index (χ1n) is 6.86. The second-order valence-electron chi connectivity index (χ2n) is 5.55. The lowest BCUT2D eigenvalue weighted by Gasteiger charge is -2.42. The molecule has 2 bridgehead atoms. The Morgan fingerprint density at radius 3 is 2.67 bits per heavy atom. The van der Waals surface area contributed by atoms with E-state index >= 15 is 0 Å². The maximum atomic E-state index is 12.4. The zero-order valence-electron chi connectivity index (χ0n) is 12.0. The van der Waals surface area contributed by atoms with Crippen LogP contribution in [0.3, 0.4) is 0 Å². The van der Waals surface area contributed by atoms with Gasteiger partial charge in [-0.15, -0.1) is 0 Å². The van der Waals surface area contributed by atoms with E-state index in [9.17, 15) is 4.79 Å². The first-order chi connectivity index (χ1) is 10.1. The summed E-state index contributed by atoms with van der Waals surface area (Å²) in [5, 5.41) is 0. The standard InChI is InChI=1S/C14H17IN2O4/c1-3-20-11(18)14-6-13(7-14,8-15)21-10(14)9-4-16-12(19-2)17-5-9/h4-5,10H,3,6-8H2,1-2H3. The van der Waals surface area contributed by atoms with E-state index in [2.05, 4.69) is 32.6 Å². The predicted octanol–water partition coefficient (Wildman–Crippen LogP) is 2.07. The average molecular weight is 404 g/mol. The molecule has 3 heterocycles. The molecule has 1 aliphatic carbocycles. The van der Waals surface area contributed by atoms with Crippen LogP contribution in [0.4, 0.5) is 0 Å². The van der Waals surface area contributed by atoms with Gasteiger partial charge < -0.3 is 14.2 Å². The third-order valence-electron chi connectivity index (χ3n) is 4.20. The number of fused-ring (bicyclic) bond motifs is 1. The molecule has 1 atom stereocenters. The van der Waals surface area contributed by atoms with Gasteiger partial charge in [0.05, 0.1) is 19.3 Å². The summed E-state index contributed by atoms with van der Waals surface area (Å²) in [5.41, 5.74) is 0.00455. The Balaban J connectivity index is 1.90. The molecule has 0 spiro atoms. The smallest absolute Gasteiger partial charge is 0.316 e. The lowest BCUT2D eigenvalue weighted by molar-refractivity contribution is -0.161. The molecule has 0 aromatic carbocycles. The highest BCUT2D eigenvalue weighted by molar-refractivity contribution is 14.1. The molecule has 114 valence electrons. The SMILES string of the molecule is CCOC(=O)C12CC(CI)(C1)OC2c1cnc(OC)nc1. The van der Waals surface area contributed by atoms with Gasteiger partial charge in [-0.05, 0) is 19.8 Å². The number of alkyl halides is 1. The van der Waals surface area contributed by atoms with Crippen LogP contribution in [0.2, 0.25) is 0 Å². The number of halogens is 1. The number of hydrogen-bond donors (Lipinski definition) is 0. The van der Waals surface area contributed by atoms with E-state index in [4.69, 9.17) is 14.2 Å². The number of esters is 1. The van der Waals surface area contributed by atoms with Crippen molar-refractivity contribution in [3.05, 3.63) is 18.0 Å². The third-order valence-corrected chi connectivity index (χ3v) is 5.59. The van der Waals surface area contributed by atoms with Gasteiger partial charge in [-0.3, -0.25) is 4.79 Å². The molecule has 21 heavy (non-hydrogen) atoms. The monoisotopic (exact) mass is 404 g/mol. The Bertz CT molecular complexity index is 542. The second kappa shape index (κ2) is 5.35. The normalized spacial score (nSPS) is 33.4.